The first-order chi connectivity index (χ1) is 11.6. The van der Waals surface area contributed by atoms with Crippen molar-refractivity contribution in [3.05, 3.63) is 35.9 Å². The average Bonchev–Trinajstić information content (AvgIpc) is 2.96. The molecule has 0 saturated carbocycles. The van der Waals surface area contributed by atoms with E-state index in [0.717, 1.165) is 24.7 Å². The molecule has 0 radical (unpaired) electrons. The smallest absolute Gasteiger partial charge is 0.410 e. The maximum Gasteiger partial charge on any atom is 0.410 e. The van der Waals surface area contributed by atoms with Crippen LogP contribution in [0.15, 0.2) is 30.3 Å². The first-order valence-electron chi connectivity index (χ1n) is 8.18. The molecule has 0 aromatic heterocycles. The number of ether oxygens (including phenoxy) is 2. The van der Waals surface area contributed by atoms with Crippen LogP contribution in [0.1, 0.15) is 38.2 Å². The highest BCUT2D eigenvalue weighted by Gasteiger charge is 2.37. The summed E-state index contributed by atoms with van der Waals surface area (Å²) >= 11 is 0. The van der Waals surface area contributed by atoms with Gasteiger partial charge in [-0.15, -0.1) is 0 Å². The molecule has 6 heteroatoms. The second kappa shape index (κ2) is 9.05. The molecule has 0 spiro atoms. The molecule has 6 nitrogen and oxygen atoms in total. The summed E-state index contributed by atoms with van der Waals surface area (Å²) in [4.78, 5) is 35.9. The van der Waals surface area contributed by atoms with Crippen molar-refractivity contribution in [2.24, 2.45) is 0 Å². The van der Waals surface area contributed by atoms with Crippen LogP contribution >= 0.6 is 0 Å². The Balaban J connectivity index is 1.95. The third-order valence-electron chi connectivity index (χ3n) is 4.16. The highest BCUT2D eigenvalue weighted by Crippen LogP contribution is 2.29. The van der Waals surface area contributed by atoms with Gasteiger partial charge in [0.25, 0.3) is 0 Å². The van der Waals surface area contributed by atoms with Crippen LogP contribution in [0.2, 0.25) is 0 Å². The summed E-state index contributed by atoms with van der Waals surface area (Å²) in [5.41, 5.74) is 0.911. The van der Waals surface area contributed by atoms with Crippen LogP contribution < -0.4 is 0 Å². The number of hydrogen-bond donors (Lipinski definition) is 0. The van der Waals surface area contributed by atoms with Gasteiger partial charge in [-0.1, -0.05) is 30.3 Å². The van der Waals surface area contributed by atoms with E-state index in [1.54, 1.807) is 4.90 Å². The summed E-state index contributed by atoms with van der Waals surface area (Å²) in [6.07, 6.45) is 2.79. The first-order valence-corrected chi connectivity index (χ1v) is 8.18. The maximum atomic E-state index is 12.5. The normalized spacial score (nSPS) is 19.8. The lowest BCUT2D eigenvalue weighted by Crippen LogP contribution is -2.42. The topological polar surface area (TPSA) is 72.9 Å². The molecule has 1 aromatic rings. The highest BCUT2D eigenvalue weighted by molar-refractivity contribution is 5.70. The Hall–Kier alpha value is -2.37. The Bertz CT molecular complexity index is 560. The third-order valence-corrected chi connectivity index (χ3v) is 4.16. The van der Waals surface area contributed by atoms with Crippen LogP contribution in [-0.4, -0.2) is 41.9 Å². The predicted octanol–water partition coefficient (Wildman–Crippen LogP) is 2.70. The number of amides is 1. The lowest BCUT2D eigenvalue weighted by atomic mass is 10.1. The van der Waals surface area contributed by atoms with Gasteiger partial charge in [0.05, 0.1) is 6.61 Å². The van der Waals surface area contributed by atoms with Crippen molar-refractivity contribution in [2.75, 3.05) is 6.61 Å². The summed E-state index contributed by atoms with van der Waals surface area (Å²) in [7, 11) is 0. The quantitative estimate of drug-likeness (QED) is 0.566. The largest absolute Gasteiger partial charge is 0.466 e. The number of hydrogen-bond acceptors (Lipinski definition) is 5. The fraction of sp³-hybridized carbons (Fsp3) is 0.500. The number of benzene rings is 1. The molecule has 1 fully saturated rings. The van der Waals surface area contributed by atoms with Gasteiger partial charge in [0.1, 0.15) is 12.9 Å². The number of carbonyl (C=O) groups excluding carboxylic acids is 3. The summed E-state index contributed by atoms with van der Waals surface area (Å²) in [5.74, 6) is -0.337. The van der Waals surface area contributed by atoms with Crippen LogP contribution in [0.3, 0.4) is 0 Å². The van der Waals surface area contributed by atoms with Crippen LogP contribution in [0.25, 0.3) is 0 Å². The predicted molar refractivity (Wildman–Crippen MR) is 87.2 cm³/mol. The second-order valence-electron chi connectivity index (χ2n) is 5.86. The highest BCUT2D eigenvalue weighted by atomic mass is 16.6. The van der Waals surface area contributed by atoms with Crippen molar-refractivity contribution in [2.45, 2.75) is 51.3 Å². The monoisotopic (exact) mass is 333 g/mol. The first kappa shape index (κ1) is 18.0. The van der Waals surface area contributed by atoms with E-state index >= 15 is 0 Å². The van der Waals surface area contributed by atoms with E-state index in [1.807, 2.05) is 30.3 Å². The summed E-state index contributed by atoms with van der Waals surface area (Å²) in [6.45, 7) is 1.81. The minimum absolute atomic E-state index is 0.0717. The van der Waals surface area contributed by atoms with Gasteiger partial charge < -0.3 is 19.2 Å². The van der Waals surface area contributed by atoms with Crippen LogP contribution in [-0.2, 0) is 25.7 Å². The average molecular weight is 333 g/mol. The molecule has 1 aliphatic heterocycles. The van der Waals surface area contributed by atoms with E-state index in [9.17, 15) is 14.4 Å². The molecule has 1 amide bonds. The zero-order valence-electron chi connectivity index (χ0n) is 13.8. The zero-order valence-corrected chi connectivity index (χ0v) is 13.8. The second-order valence-corrected chi connectivity index (χ2v) is 5.86. The van der Waals surface area contributed by atoms with Gasteiger partial charge in [-0.05, 0) is 18.4 Å². The Morgan fingerprint density at radius 2 is 1.88 bits per heavy atom. The lowest BCUT2D eigenvalue weighted by molar-refractivity contribution is -0.141. The van der Waals surface area contributed by atoms with Gasteiger partial charge in [0.2, 0.25) is 0 Å². The van der Waals surface area contributed by atoms with Crippen LogP contribution in [0.5, 0.6) is 0 Å². The van der Waals surface area contributed by atoms with E-state index in [-0.39, 0.29) is 31.3 Å². The molecule has 1 aliphatic rings. The van der Waals surface area contributed by atoms with Crippen molar-refractivity contribution in [1.82, 2.24) is 4.90 Å². The molecular weight excluding hydrogens is 310 g/mol. The molecule has 0 unspecified atom stereocenters. The van der Waals surface area contributed by atoms with Crippen molar-refractivity contribution in [3.63, 3.8) is 0 Å². The van der Waals surface area contributed by atoms with E-state index in [1.165, 1.54) is 6.92 Å². The van der Waals surface area contributed by atoms with Crippen molar-refractivity contribution in [1.29, 1.82) is 0 Å². The van der Waals surface area contributed by atoms with Crippen molar-refractivity contribution >= 4 is 18.3 Å². The number of carbonyl (C=O) groups is 3. The van der Waals surface area contributed by atoms with E-state index in [0.29, 0.717) is 12.8 Å². The van der Waals surface area contributed by atoms with Crippen molar-refractivity contribution in [3.8, 4) is 0 Å². The zero-order chi connectivity index (χ0) is 17.4. The number of nitrogens with zero attached hydrogens (tertiary/aromatic N) is 1. The van der Waals surface area contributed by atoms with E-state index in [4.69, 9.17) is 9.47 Å². The van der Waals surface area contributed by atoms with Gasteiger partial charge in [-0.3, -0.25) is 4.79 Å². The molecule has 0 N–H and O–H groups in total. The minimum atomic E-state index is -0.420. The molecule has 2 atom stereocenters. The standard InChI is InChI=1S/C18H23NO5/c1-14(21)23-12-10-17-8-7-16(9-11-20)19(17)18(22)24-13-15-5-3-2-4-6-15/h2-6,11,16-17H,7-10,12-13H2,1H3/t16-,17+/m0/s1. The molecule has 130 valence electrons. The Morgan fingerprint density at radius 1 is 1.17 bits per heavy atom. The van der Waals surface area contributed by atoms with E-state index in [2.05, 4.69) is 0 Å². The molecule has 24 heavy (non-hydrogen) atoms. The van der Waals surface area contributed by atoms with Gasteiger partial charge in [-0.2, -0.15) is 0 Å². The minimum Gasteiger partial charge on any atom is -0.466 e. The molecule has 1 heterocycles. The fourth-order valence-corrected chi connectivity index (χ4v) is 3.02. The summed E-state index contributed by atoms with van der Waals surface area (Å²) < 4.78 is 10.4. The Morgan fingerprint density at radius 3 is 2.54 bits per heavy atom. The number of rotatable bonds is 7. The van der Waals surface area contributed by atoms with Gasteiger partial charge in [-0.25, -0.2) is 4.79 Å². The summed E-state index contributed by atoms with van der Waals surface area (Å²) in [6, 6.07) is 9.23. The van der Waals surface area contributed by atoms with Crippen LogP contribution in [0, 0.1) is 0 Å². The Labute approximate surface area is 141 Å². The SMILES string of the molecule is CC(=O)OCC[C@H]1CC[C@@H](CC=O)N1C(=O)OCc1ccccc1. The molecule has 0 aliphatic carbocycles. The molecule has 1 saturated heterocycles. The lowest BCUT2D eigenvalue weighted by Gasteiger charge is -2.28. The van der Waals surface area contributed by atoms with Gasteiger partial charge in [0, 0.05) is 31.8 Å². The van der Waals surface area contributed by atoms with Crippen LogP contribution in [0.4, 0.5) is 4.79 Å². The molecule has 2 rings (SSSR count). The number of esters is 1. The van der Waals surface area contributed by atoms with Gasteiger partial charge >= 0.3 is 12.1 Å². The van der Waals surface area contributed by atoms with E-state index < -0.39 is 6.09 Å². The summed E-state index contributed by atoms with van der Waals surface area (Å²) in [5, 5.41) is 0. The van der Waals surface area contributed by atoms with Gasteiger partial charge in [0.15, 0.2) is 0 Å². The third kappa shape index (κ3) is 5.08. The molecular formula is C18H23NO5. The molecule has 0 bridgehead atoms. The number of aldehydes is 1. The number of likely N-dealkylation sites (tertiary alicyclic amines) is 1. The maximum absolute atomic E-state index is 12.5. The Kier molecular flexibility index (Phi) is 6.78. The fourth-order valence-electron chi connectivity index (χ4n) is 3.02. The van der Waals surface area contributed by atoms with Crippen molar-refractivity contribution < 1.29 is 23.9 Å². The molecule has 1 aromatic carbocycles.